The summed E-state index contributed by atoms with van der Waals surface area (Å²) in [6.45, 7) is 0. The van der Waals surface area contributed by atoms with Gasteiger partial charge in [0.25, 0.3) is 17.5 Å². The van der Waals surface area contributed by atoms with Crippen molar-refractivity contribution in [1.29, 1.82) is 0 Å². The number of nitrogens with zero attached hydrogens (tertiary/aromatic N) is 2. The second kappa shape index (κ2) is 8.07. The SMILES string of the molecule is COc1cc(/C=C2\C(=O)NC(=S)N(c3ccccc3)C2=O)c([N+](=O)[O-])cc1OC. The number of para-hydroxylation sites is 1. The molecule has 2 aromatic rings. The highest BCUT2D eigenvalue weighted by Crippen LogP contribution is 2.36. The van der Waals surface area contributed by atoms with E-state index in [1.54, 1.807) is 30.3 Å². The molecular weight excluding hydrogens is 398 g/mol. The number of hydrogen-bond donors (Lipinski definition) is 1. The second-order valence-corrected chi connectivity index (χ2v) is 6.20. The van der Waals surface area contributed by atoms with Gasteiger partial charge in [0.1, 0.15) is 5.57 Å². The predicted octanol–water partition coefficient (Wildman–Crippen LogP) is 2.44. The summed E-state index contributed by atoms with van der Waals surface area (Å²) in [5.41, 5.74) is -0.199. The summed E-state index contributed by atoms with van der Waals surface area (Å²) in [4.78, 5) is 37.4. The lowest BCUT2D eigenvalue weighted by Crippen LogP contribution is -2.54. The molecule has 1 aliphatic heterocycles. The van der Waals surface area contributed by atoms with Crippen LogP contribution in [0.15, 0.2) is 48.0 Å². The number of methoxy groups -OCH3 is 2. The van der Waals surface area contributed by atoms with Crippen LogP contribution in [0, 0.1) is 10.1 Å². The van der Waals surface area contributed by atoms with Gasteiger partial charge in [-0.2, -0.15) is 0 Å². The summed E-state index contributed by atoms with van der Waals surface area (Å²) in [5.74, 6) is -1.10. The number of anilines is 1. The minimum Gasteiger partial charge on any atom is -0.493 e. The van der Waals surface area contributed by atoms with Crippen molar-refractivity contribution in [2.75, 3.05) is 19.1 Å². The van der Waals surface area contributed by atoms with Crippen molar-refractivity contribution in [2.24, 2.45) is 0 Å². The van der Waals surface area contributed by atoms with E-state index in [9.17, 15) is 19.7 Å². The maximum atomic E-state index is 13.0. The van der Waals surface area contributed by atoms with Crippen LogP contribution in [0.5, 0.6) is 11.5 Å². The lowest BCUT2D eigenvalue weighted by molar-refractivity contribution is -0.385. The van der Waals surface area contributed by atoms with Crippen LogP contribution < -0.4 is 19.7 Å². The molecule has 1 fully saturated rings. The van der Waals surface area contributed by atoms with Gasteiger partial charge in [0.15, 0.2) is 16.6 Å². The number of benzene rings is 2. The Morgan fingerprint density at radius 2 is 1.72 bits per heavy atom. The van der Waals surface area contributed by atoms with Gasteiger partial charge in [-0.05, 0) is 36.5 Å². The minimum absolute atomic E-state index is 0.00646. The molecular formula is C19H15N3O6S. The summed E-state index contributed by atoms with van der Waals surface area (Å²) < 4.78 is 10.2. The van der Waals surface area contributed by atoms with Gasteiger partial charge in [0, 0.05) is 0 Å². The molecule has 29 heavy (non-hydrogen) atoms. The van der Waals surface area contributed by atoms with Crippen molar-refractivity contribution in [2.45, 2.75) is 0 Å². The fraction of sp³-hybridized carbons (Fsp3) is 0.105. The highest BCUT2D eigenvalue weighted by atomic mass is 32.1. The lowest BCUT2D eigenvalue weighted by Gasteiger charge is -2.28. The third-order valence-electron chi connectivity index (χ3n) is 4.15. The van der Waals surface area contributed by atoms with Gasteiger partial charge in [-0.15, -0.1) is 0 Å². The van der Waals surface area contributed by atoms with Crippen LogP contribution in [-0.4, -0.2) is 36.1 Å². The Morgan fingerprint density at radius 3 is 2.31 bits per heavy atom. The first-order valence-electron chi connectivity index (χ1n) is 8.24. The standard InChI is InChI=1S/C19H15N3O6S/c1-27-15-9-11(14(22(25)26)10-16(15)28-2)8-13-17(23)20-19(29)21(18(13)24)12-6-4-3-5-7-12/h3-10H,1-2H3,(H,20,23,29)/b13-8+. The normalized spacial score (nSPS) is 15.3. The minimum atomic E-state index is -0.753. The van der Waals surface area contributed by atoms with Crippen LogP contribution in [0.3, 0.4) is 0 Å². The van der Waals surface area contributed by atoms with Crippen molar-refractivity contribution in [3.63, 3.8) is 0 Å². The molecule has 10 heteroatoms. The average molecular weight is 413 g/mol. The number of amides is 2. The highest BCUT2D eigenvalue weighted by molar-refractivity contribution is 7.80. The maximum Gasteiger partial charge on any atom is 0.280 e. The summed E-state index contributed by atoms with van der Waals surface area (Å²) in [7, 11) is 2.71. The zero-order chi connectivity index (χ0) is 21.1. The number of rotatable bonds is 5. The van der Waals surface area contributed by atoms with E-state index in [0.717, 1.165) is 17.0 Å². The van der Waals surface area contributed by atoms with Crippen molar-refractivity contribution in [3.8, 4) is 11.5 Å². The molecule has 3 rings (SSSR count). The first-order chi connectivity index (χ1) is 13.9. The summed E-state index contributed by atoms with van der Waals surface area (Å²) in [6, 6.07) is 11.0. The molecule has 0 radical (unpaired) electrons. The van der Waals surface area contributed by atoms with Crippen LogP contribution in [0.25, 0.3) is 6.08 Å². The Labute approximate surface area is 170 Å². The average Bonchev–Trinajstić information content (AvgIpc) is 2.71. The number of nitro benzene ring substituents is 1. The largest absolute Gasteiger partial charge is 0.493 e. The molecule has 0 spiro atoms. The monoisotopic (exact) mass is 413 g/mol. The molecule has 0 aromatic heterocycles. The lowest BCUT2D eigenvalue weighted by atomic mass is 10.0. The van der Waals surface area contributed by atoms with Crippen molar-refractivity contribution in [1.82, 2.24) is 5.32 Å². The van der Waals surface area contributed by atoms with Gasteiger partial charge in [-0.1, -0.05) is 18.2 Å². The summed E-state index contributed by atoms with van der Waals surface area (Å²) >= 11 is 5.12. The fourth-order valence-corrected chi connectivity index (χ4v) is 3.06. The molecule has 1 saturated heterocycles. The van der Waals surface area contributed by atoms with Gasteiger partial charge >= 0.3 is 0 Å². The summed E-state index contributed by atoms with van der Waals surface area (Å²) in [6.07, 6.45) is 1.13. The Kier molecular flexibility index (Phi) is 5.55. The van der Waals surface area contributed by atoms with E-state index >= 15 is 0 Å². The molecule has 2 aromatic carbocycles. The molecule has 148 valence electrons. The zero-order valence-electron chi connectivity index (χ0n) is 15.4. The van der Waals surface area contributed by atoms with E-state index < -0.39 is 16.7 Å². The van der Waals surface area contributed by atoms with Crippen LogP contribution in [-0.2, 0) is 9.59 Å². The number of carbonyl (C=O) groups is 2. The van der Waals surface area contributed by atoms with Crippen molar-refractivity contribution < 1.29 is 24.0 Å². The molecule has 9 nitrogen and oxygen atoms in total. The molecule has 0 atom stereocenters. The Bertz CT molecular complexity index is 1050. The van der Waals surface area contributed by atoms with Crippen LogP contribution in [0.4, 0.5) is 11.4 Å². The topological polar surface area (TPSA) is 111 Å². The zero-order valence-corrected chi connectivity index (χ0v) is 16.2. The van der Waals surface area contributed by atoms with E-state index in [1.807, 2.05) is 0 Å². The van der Waals surface area contributed by atoms with Crippen molar-refractivity contribution >= 4 is 46.6 Å². The quantitative estimate of drug-likeness (QED) is 0.263. The smallest absolute Gasteiger partial charge is 0.280 e. The third kappa shape index (κ3) is 3.78. The van der Waals surface area contributed by atoms with Gasteiger partial charge in [-0.3, -0.25) is 29.9 Å². The van der Waals surface area contributed by atoms with E-state index in [4.69, 9.17) is 21.7 Å². The van der Waals surface area contributed by atoms with E-state index in [1.165, 1.54) is 20.3 Å². The van der Waals surface area contributed by atoms with E-state index in [-0.39, 0.29) is 33.4 Å². The molecule has 0 saturated carbocycles. The number of nitro groups is 1. The molecule has 0 bridgehead atoms. The van der Waals surface area contributed by atoms with Crippen LogP contribution in [0.2, 0.25) is 0 Å². The highest BCUT2D eigenvalue weighted by Gasteiger charge is 2.35. The van der Waals surface area contributed by atoms with Gasteiger partial charge in [0.2, 0.25) is 0 Å². The van der Waals surface area contributed by atoms with Crippen LogP contribution in [0.1, 0.15) is 5.56 Å². The van der Waals surface area contributed by atoms with Gasteiger partial charge in [-0.25, -0.2) is 0 Å². The second-order valence-electron chi connectivity index (χ2n) is 5.82. The molecule has 1 N–H and O–H groups in total. The predicted molar refractivity (Wildman–Crippen MR) is 109 cm³/mol. The van der Waals surface area contributed by atoms with E-state index in [0.29, 0.717) is 5.69 Å². The molecule has 1 aliphatic rings. The molecule has 0 aliphatic carbocycles. The molecule has 0 unspecified atom stereocenters. The van der Waals surface area contributed by atoms with E-state index in [2.05, 4.69) is 5.32 Å². The molecule has 2 amide bonds. The van der Waals surface area contributed by atoms with Crippen LogP contribution >= 0.6 is 12.2 Å². The number of hydrogen-bond acceptors (Lipinski definition) is 7. The van der Waals surface area contributed by atoms with Gasteiger partial charge in [0.05, 0.1) is 36.5 Å². The maximum absolute atomic E-state index is 13.0. The first kappa shape index (κ1) is 20.0. The van der Waals surface area contributed by atoms with Gasteiger partial charge < -0.3 is 9.47 Å². The Hall–Kier alpha value is -3.79. The number of ether oxygens (including phenoxy) is 2. The third-order valence-corrected chi connectivity index (χ3v) is 4.43. The fourth-order valence-electron chi connectivity index (χ4n) is 2.78. The first-order valence-corrected chi connectivity index (χ1v) is 8.65. The Morgan fingerprint density at radius 1 is 1.10 bits per heavy atom. The number of thiocarbonyl (C=S) groups is 1. The van der Waals surface area contributed by atoms with Crippen molar-refractivity contribution in [3.05, 3.63) is 63.7 Å². The molecule has 1 heterocycles. The number of nitrogens with one attached hydrogen (secondary N) is 1. The Balaban J connectivity index is 2.13. The number of carbonyl (C=O) groups excluding carboxylic acids is 2. The summed E-state index contributed by atoms with van der Waals surface area (Å²) in [5, 5.41) is 13.8.